The summed E-state index contributed by atoms with van der Waals surface area (Å²) in [5, 5.41) is 2.37. The third-order valence-electron chi connectivity index (χ3n) is 11.1. The lowest BCUT2D eigenvalue weighted by molar-refractivity contribution is 0.665. The third-order valence-corrected chi connectivity index (χ3v) is 11.1. The number of benzene rings is 7. The number of hydrogen-bond acceptors (Lipinski definition) is 3. The number of hydrogen-bond donors (Lipinski definition) is 0. The summed E-state index contributed by atoms with van der Waals surface area (Å²) in [5.74, 6) is 1.89. The summed E-state index contributed by atoms with van der Waals surface area (Å²) in [4.78, 5) is 15.9. The summed E-state index contributed by atoms with van der Waals surface area (Å²) in [5.41, 5.74) is 16.1. The van der Waals surface area contributed by atoms with Crippen LogP contribution in [-0.4, -0.2) is 19.5 Å². The minimum atomic E-state index is -0.313. The van der Waals surface area contributed by atoms with Crippen LogP contribution < -0.4 is 0 Å². The van der Waals surface area contributed by atoms with Gasteiger partial charge in [-0.2, -0.15) is 9.97 Å². The smallest absolute Gasteiger partial charge is 0.238 e. The molecule has 1 aliphatic carbocycles. The Bertz CT molecular complexity index is 2920. The minimum Gasteiger partial charge on any atom is -0.277 e. The van der Waals surface area contributed by atoms with Crippen LogP contribution in [0.2, 0.25) is 0 Å². The van der Waals surface area contributed by atoms with E-state index in [2.05, 4.69) is 170 Å². The maximum Gasteiger partial charge on any atom is 0.238 e. The molecule has 0 N–H and O–H groups in total. The molecule has 0 saturated carbocycles. The molecular weight excluding hydrogens is 633 g/mol. The Kier molecular flexibility index (Phi) is 5.98. The van der Waals surface area contributed by atoms with E-state index in [1.54, 1.807) is 0 Å². The fourth-order valence-electron chi connectivity index (χ4n) is 8.81. The number of aromatic nitrogens is 4. The van der Waals surface area contributed by atoms with Gasteiger partial charge in [-0.05, 0) is 73.8 Å². The number of nitrogens with zero attached hydrogens (tertiary/aromatic N) is 4. The Balaban J connectivity index is 1.27. The molecule has 9 aromatic rings. The van der Waals surface area contributed by atoms with Crippen molar-refractivity contribution in [2.24, 2.45) is 0 Å². The number of fused-ring (bicyclic) bond motifs is 14. The Morgan fingerprint density at radius 1 is 0.404 bits per heavy atom. The highest BCUT2D eigenvalue weighted by Crippen LogP contribution is 2.55. The van der Waals surface area contributed by atoms with E-state index >= 15 is 0 Å². The molecule has 244 valence electrons. The molecule has 4 heteroatoms. The van der Waals surface area contributed by atoms with Gasteiger partial charge in [0.25, 0.3) is 0 Å². The highest BCUT2D eigenvalue weighted by atomic mass is 15.2. The van der Waals surface area contributed by atoms with Crippen LogP contribution in [0.4, 0.5) is 0 Å². The molecule has 2 aromatic heterocycles. The zero-order valence-electron chi connectivity index (χ0n) is 28.8. The van der Waals surface area contributed by atoms with E-state index in [1.165, 1.54) is 49.7 Å². The van der Waals surface area contributed by atoms with Gasteiger partial charge in [0.1, 0.15) is 0 Å². The fourth-order valence-corrected chi connectivity index (χ4v) is 8.81. The topological polar surface area (TPSA) is 43.6 Å². The van der Waals surface area contributed by atoms with Gasteiger partial charge in [0.2, 0.25) is 5.95 Å². The van der Waals surface area contributed by atoms with Gasteiger partial charge >= 0.3 is 0 Å². The number of rotatable bonds is 2. The van der Waals surface area contributed by atoms with Crippen molar-refractivity contribution in [2.45, 2.75) is 19.3 Å². The fraction of sp³-hybridized carbons (Fsp3) is 0.0625. The van der Waals surface area contributed by atoms with Crippen molar-refractivity contribution in [3.05, 3.63) is 169 Å². The molecule has 4 nitrogen and oxygen atoms in total. The molecule has 2 aliphatic rings. The molecule has 11 rings (SSSR count). The quantitative estimate of drug-likeness (QED) is 0.185. The summed E-state index contributed by atoms with van der Waals surface area (Å²) in [7, 11) is 0. The van der Waals surface area contributed by atoms with Crippen molar-refractivity contribution >= 4 is 21.8 Å². The van der Waals surface area contributed by atoms with Crippen molar-refractivity contribution in [3.8, 4) is 73.2 Å². The Morgan fingerprint density at radius 3 is 1.79 bits per heavy atom. The molecule has 0 amide bonds. The average Bonchev–Trinajstić information content (AvgIpc) is 3.66. The molecule has 7 aromatic carbocycles. The standard InChI is InChI=1S/C48H32N4/c1-48(2)42-36-18-10-19-38(42)39-25-26-40-37-17-6-7-20-41(37)52(44(40)43(39)48)47-50-45(31-23-21-30(22-24-31)29-11-4-3-5-12-29)49-46(51-47)35-16-9-14-33(28-35)32-13-8-15-34(36)27-32/h3-28H,1-2H3. The van der Waals surface area contributed by atoms with Crippen LogP contribution in [0.15, 0.2) is 158 Å². The second kappa shape index (κ2) is 10.7. The van der Waals surface area contributed by atoms with Crippen molar-refractivity contribution < 1.29 is 0 Å². The molecule has 0 unspecified atom stereocenters. The van der Waals surface area contributed by atoms with Crippen LogP contribution in [0.25, 0.3) is 95.0 Å². The SMILES string of the molecule is CC1(C)c2c3cccc2-c2ccc4c5ccccc5n(c4c21)-c1nc(-c2ccc(-c4ccccc4)cc2)nc(n1)-c1cccc(c1)-c1cccc-3c1. The van der Waals surface area contributed by atoms with Gasteiger partial charge in [-0.3, -0.25) is 4.57 Å². The second-order valence-electron chi connectivity index (χ2n) is 14.5. The molecule has 0 radical (unpaired) electrons. The normalized spacial score (nSPS) is 13.3. The van der Waals surface area contributed by atoms with E-state index in [0.29, 0.717) is 17.6 Å². The predicted octanol–water partition coefficient (Wildman–Crippen LogP) is 11.9. The van der Waals surface area contributed by atoms with Crippen molar-refractivity contribution in [2.75, 3.05) is 0 Å². The lowest BCUT2D eigenvalue weighted by atomic mass is 9.78. The summed E-state index contributed by atoms with van der Waals surface area (Å²) in [6.07, 6.45) is 0. The molecular formula is C48H32N4. The van der Waals surface area contributed by atoms with Crippen LogP contribution in [0.1, 0.15) is 25.0 Å². The van der Waals surface area contributed by atoms with Gasteiger partial charge in [0.05, 0.1) is 11.0 Å². The first-order valence-electron chi connectivity index (χ1n) is 17.9. The minimum absolute atomic E-state index is 0.313. The van der Waals surface area contributed by atoms with E-state index in [-0.39, 0.29) is 5.41 Å². The lowest BCUT2D eigenvalue weighted by Crippen LogP contribution is -2.18. The average molecular weight is 665 g/mol. The van der Waals surface area contributed by atoms with Gasteiger partial charge in [-0.1, -0.05) is 153 Å². The molecule has 1 aliphatic heterocycles. The molecule has 0 atom stereocenters. The van der Waals surface area contributed by atoms with E-state index in [1.807, 2.05) is 6.07 Å². The van der Waals surface area contributed by atoms with Gasteiger partial charge in [0.15, 0.2) is 11.6 Å². The van der Waals surface area contributed by atoms with Crippen LogP contribution in [0.5, 0.6) is 0 Å². The lowest BCUT2D eigenvalue weighted by Gasteiger charge is -2.26. The largest absolute Gasteiger partial charge is 0.277 e. The van der Waals surface area contributed by atoms with Gasteiger partial charge in [-0.15, -0.1) is 0 Å². The maximum absolute atomic E-state index is 5.35. The Morgan fingerprint density at radius 2 is 0.981 bits per heavy atom. The Labute approximate surface area is 301 Å². The van der Waals surface area contributed by atoms with Crippen molar-refractivity contribution in [1.82, 2.24) is 19.5 Å². The maximum atomic E-state index is 5.35. The van der Waals surface area contributed by atoms with Crippen LogP contribution >= 0.6 is 0 Å². The molecule has 52 heavy (non-hydrogen) atoms. The molecule has 8 bridgehead atoms. The van der Waals surface area contributed by atoms with E-state index < -0.39 is 0 Å². The van der Waals surface area contributed by atoms with Crippen LogP contribution in [0.3, 0.4) is 0 Å². The monoisotopic (exact) mass is 664 g/mol. The summed E-state index contributed by atoms with van der Waals surface area (Å²) in [6, 6.07) is 56.7. The van der Waals surface area contributed by atoms with Crippen LogP contribution in [0, 0.1) is 0 Å². The van der Waals surface area contributed by atoms with Crippen molar-refractivity contribution in [1.29, 1.82) is 0 Å². The molecule has 0 fully saturated rings. The van der Waals surface area contributed by atoms with Crippen LogP contribution in [-0.2, 0) is 5.41 Å². The van der Waals surface area contributed by atoms with E-state index in [0.717, 1.165) is 38.9 Å². The summed E-state index contributed by atoms with van der Waals surface area (Å²) < 4.78 is 2.30. The second-order valence-corrected chi connectivity index (χ2v) is 14.5. The highest BCUT2D eigenvalue weighted by molar-refractivity contribution is 6.13. The molecule has 0 spiro atoms. The zero-order valence-corrected chi connectivity index (χ0v) is 28.8. The first-order chi connectivity index (χ1) is 25.5. The summed E-state index contributed by atoms with van der Waals surface area (Å²) >= 11 is 0. The van der Waals surface area contributed by atoms with Gasteiger partial charge in [-0.25, -0.2) is 4.98 Å². The zero-order chi connectivity index (χ0) is 34.6. The summed E-state index contributed by atoms with van der Waals surface area (Å²) in [6.45, 7) is 4.76. The predicted molar refractivity (Wildman–Crippen MR) is 212 cm³/mol. The van der Waals surface area contributed by atoms with E-state index in [4.69, 9.17) is 15.0 Å². The number of para-hydroxylation sites is 1. The van der Waals surface area contributed by atoms with Crippen molar-refractivity contribution in [3.63, 3.8) is 0 Å². The molecule has 3 heterocycles. The third kappa shape index (κ3) is 4.12. The van der Waals surface area contributed by atoms with E-state index in [9.17, 15) is 0 Å². The van der Waals surface area contributed by atoms with Gasteiger partial charge in [0, 0.05) is 27.3 Å². The highest BCUT2D eigenvalue weighted by Gasteiger charge is 2.40. The first kappa shape index (κ1) is 29.1. The van der Waals surface area contributed by atoms with Gasteiger partial charge < -0.3 is 0 Å². The Hall–Kier alpha value is -6.65. The first-order valence-corrected chi connectivity index (χ1v) is 17.9. The molecule has 0 saturated heterocycles.